The average molecular weight is 397 g/mol. The number of hydrogen-bond acceptors (Lipinski definition) is 3. The van der Waals surface area contributed by atoms with Gasteiger partial charge >= 0.3 is 0 Å². The molecule has 2 aromatic rings. The van der Waals surface area contributed by atoms with E-state index in [-0.39, 0.29) is 0 Å². The lowest BCUT2D eigenvalue weighted by molar-refractivity contribution is 0.115. The number of hydrogen-bond donors (Lipinski definition) is 1. The van der Waals surface area contributed by atoms with Gasteiger partial charge in [-0.2, -0.15) is 0 Å². The fourth-order valence-corrected chi connectivity index (χ4v) is 5.48. The predicted octanol–water partition coefficient (Wildman–Crippen LogP) is 6.60. The average Bonchev–Trinajstić information content (AvgIpc) is 3.11. The molecule has 25 heavy (non-hydrogen) atoms. The van der Waals surface area contributed by atoms with E-state index in [1.165, 1.54) is 36.2 Å². The van der Waals surface area contributed by atoms with Crippen molar-refractivity contribution >= 4 is 40.2 Å². The topological polar surface area (TPSA) is 29.3 Å². The fraction of sp³-hybridized carbons (Fsp3) is 0.500. The van der Waals surface area contributed by atoms with Crippen molar-refractivity contribution in [2.75, 3.05) is 19.3 Å². The highest BCUT2D eigenvalue weighted by atomic mass is 35.5. The van der Waals surface area contributed by atoms with Gasteiger partial charge in [-0.1, -0.05) is 36.2 Å². The first-order valence-electron chi connectivity index (χ1n) is 8.95. The van der Waals surface area contributed by atoms with Crippen LogP contribution in [0, 0.1) is 5.92 Å². The highest BCUT2D eigenvalue weighted by Crippen LogP contribution is 2.41. The van der Waals surface area contributed by atoms with Crippen molar-refractivity contribution in [2.45, 2.75) is 44.6 Å². The van der Waals surface area contributed by atoms with Gasteiger partial charge in [0.25, 0.3) is 0 Å². The molecule has 0 aliphatic carbocycles. The number of likely N-dealkylation sites (tertiary alicyclic amines) is 1. The summed E-state index contributed by atoms with van der Waals surface area (Å²) in [7, 11) is 2.26. The van der Waals surface area contributed by atoms with Crippen molar-refractivity contribution < 1.29 is 0 Å². The molecule has 3 unspecified atom stereocenters. The Morgan fingerprint density at radius 1 is 1.32 bits per heavy atom. The Morgan fingerprint density at radius 2 is 2.04 bits per heavy atom. The van der Waals surface area contributed by atoms with E-state index in [9.17, 15) is 0 Å². The summed E-state index contributed by atoms with van der Waals surface area (Å²) in [4.78, 5) is 4.03. The molecule has 0 bridgehead atoms. The van der Waals surface area contributed by atoms with E-state index >= 15 is 0 Å². The van der Waals surface area contributed by atoms with Gasteiger partial charge in [0.05, 0.1) is 15.7 Å². The first kappa shape index (κ1) is 19.0. The lowest BCUT2D eigenvalue weighted by Crippen LogP contribution is -2.35. The number of halogens is 2. The third kappa shape index (κ3) is 4.33. The van der Waals surface area contributed by atoms with Crippen LogP contribution in [-0.2, 0) is 0 Å². The Balaban J connectivity index is 1.69. The van der Waals surface area contributed by atoms with Gasteiger partial charge in [0, 0.05) is 10.9 Å². The van der Waals surface area contributed by atoms with Crippen LogP contribution in [0.2, 0.25) is 10.0 Å². The van der Waals surface area contributed by atoms with Crippen molar-refractivity contribution in [2.24, 2.45) is 5.92 Å². The van der Waals surface area contributed by atoms with Gasteiger partial charge in [0.1, 0.15) is 0 Å². The lowest BCUT2D eigenvalue weighted by atomic mass is 9.82. The van der Waals surface area contributed by atoms with Gasteiger partial charge in [0.2, 0.25) is 0 Å². The largest absolute Gasteiger partial charge is 0.396 e. The maximum atomic E-state index is 6.21. The minimum absolute atomic E-state index is 0.423. The molecule has 1 aliphatic heterocycles. The van der Waals surface area contributed by atoms with Gasteiger partial charge in [-0.15, -0.1) is 11.3 Å². The highest BCUT2D eigenvalue weighted by molar-refractivity contribution is 7.10. The second kappa shape index (κ2) is 8.30. The van der Waals surface area contributed by atoms with Gasteiger partial charge < -0.3 is 5.73 Å². The van der Waals surface area contributed by atoms with Crippen molar-refractivity contribution in [3.63, 3.8) is 0 Å². The number of thiophene rings is 1. The first-order chi connectivity index (χ1) is 12.0. The van der Waals surface area contributed by atoms with Gasteiger partial charge in [-0.25, -0.2) is 0 Å². The lowest BCUT2D eigenvalue weighted by Gasteiger charge is -2.39. The summed E-state index contributed by atoms with van der Waals surface area (Å²) in [6.45, 7) is 3.45. The SMILES string of the molecule is CC(CCC1CCCN(C)C1c1cccs1)c1cc(Cl)c(N)c(Cl)c1. The van der Waals surface area contributed by atoms with Crippen LogP contribution in [0.1, 0.15) is 55.0 Å². The molecule has 3 atom stereocenters. The second-order valence-corrected chi connectivity index (χ2v) is 9.01. The smallest absolute Gasteiger partial charge is 0.0693 e. The summed E-state index contributed by atoms with van der Waals surface area (Å²) >= 11 is 14.3. The third-order valence-electron chi connectivity index (χ3n) is 5.48. The summed E-state index contributed by atoms with van der Waals surface area (Å²) < 4.78 is 0. The van der Waals surface area contributed by atoms with E-state index in [0.29, 0.717) is 33.6 Å². The van der Waals surface area contributed by atoms with Crippen LogP contribution in [0.4, 0.5) is 5.69 Å². The maximum absolute atomic E-state index is 6.21. The van der Waals surface area contributed by atoms with E-state index in [4.69, 9.17) is 28.9 Å². The monoisotopic (exact) mass is 396 g/mol. The second-order valence-electron chi connectivity index (χ2n) is 7.22. The van der Waals surface area contributed by atoms with Gasteiger partial charge in [0.15, 0.2) is 0 Å². The number of nitrogen functional groups attached to an aromatic ring is 1. The summed E-state index contributed by atoms with van der Waals surface area (Å²) in [5.41, 5.74) is 7.52. The Bertz CT molecular complexity index is 679. The highest BCUT2D eigenvalue weighted by Gasteiger charge is 2.31. The zero-order valence-corrected chi connectivity index (χ0v) is 17.2. The van der Waals surface area contributed by atoms with E-state index in [2.05, 4.69) is 36.4 Å². The van der Waals surface area contributed by atoms with E-state index < -0.39 is 0 Å². The molecule has 3 rings (SSSR count). The summed E-state index contributed by atoms with van der Waals surface area (Å²) in [5, 5.41) is 3.31. The van der Waals surface area contributed by atoms with Crippen molar-refractivity contribution in [3.8, 4) is 0 Å². The quantitative estimate of drug-likeness (QED) is 0.576. The minimum Gasteiger partial charge on any atom is -0.396 e. The Kier molecular flexibility index (Phi) is 6.32. The van der Waals surface area contributed by atoms with Crippen LogP contribution < -0.4 is 5.73 Å². The van der Waals surface area contributed by atoms with Crippen LogP contribution >= 0.6 is 34.5 Å². The van der Waals surface area contributed by atoms with Gasteiger partial charge in [-0.05, 0) is 80.3 Å². The first-order valence-corrected chi connectivity index (χ1v) is 10.6. The fourth-order valence-electron chi connectivity index (χ4n) is 3.99. The molecule has 2 heterocycles. The van der Waals surface area contributed by atoms with Gasteiger partial charge in [-0.3, -0.25) is 4.90 Å². The molecular weight excluding hydrogens is 371 g/mol. The van der Waals surface area contributed by atoms with Crippen LogP contribution in [0.25, 0.3) is 0 Å². The Morgan fingerprint density at radius 3 is 2.68 bits per heavy atom. The molecule has 0 spiro atoms. The molecule has 1 saturated heterocycles. The van der Waals surface area contributed by atoms with E-state index in [1.807, 2.05) is 23.5 Å². The van der Waals surface area contributed by atoms with Crippen LogP contribution in [0.15, 0.2) is 29.6 Å². The normalized spacial score (nSPS) is 22.9. The van der Waals surface area contributed by atoms with Crippen LogP contribution in [0.3, 0.4) is 0 Å². The molecule has 0 saturated carbocycles. The standard InChI is InChI=1S/C20H26Cl2N2S/c1-13(15-11-16(21)19(23)17(22)12-15)7-8-14-5-3-9-24(2)20(14)18-6-4-10-25-18/h4,6,10-14,20H,3,5,7-9,23H2,1-2H3. The molecule has 1 aromatic carbocycles. The Labute approximate surface area is 164 Å². The summed E-state index contributed by atoms with van der Waals surface area (Å²) in [6, 6.07) is 8.95. The molecule has 1 aromatic heterocycles. The molecule has 1 aliphatic rings. The predicted molar refractivity (Wildman–Crippen MR) is 111 cm³/mol. The third-order valence-corrected chi connectivity index (χ3v) is 7.05. The molecule has 136 valence electrons. The molecule has 0 amide bonds. The van der Waals surface area contributed by atoms with E-state index in [1.54, 1.807) is 0 Å². The van der Waals surface area contributed by atoms with Crippen LogP contribution in [-0.4, -0.2) is 18.5 Å². The van der Waals surface area contributed by atoms with Crippen molar-refractivity contribution in [3.05, 3.63) is 50.1 Å². The zero-order valence-electron chi connectivity index (χ0n) is 14.8. The number of nitrogens with two attached hydrogens (primary N) is 1. The summed E-state index contributed by atoms with van der Waals surface area (Å²) in [5.74, 6) is 1.13. The number of anilines is 1. The van der Waals surface area contributed by atoms with Crippen molar-refractivity contribution in [1.29, 1.82) is 0 Å². The number of nitrogens with zero attached hydrogens (tertiary/aromatic N) is 1. The number of rotatable bonds is 5. The molecule has 0 radical (unpaired) electrons. The Hall–Kier alpha value is -0.740. The number of piperidine rings is 1. The minimum atomic E-state index is 0.423. The summed E-state index contributed by atoms with van der Waals surface area (Å²) in [6.07, 6.45) is 4.95. The molecule has 2 nitrogen and oxygen atoms in total. The maximum Gasteiger partial charge on any atom is 0.0693 e. The molecule has 5 heteroatoms. The molecule has 2 N–H and O–H groups in total. The van der Waals surface area contributed by atoms with Crippen molar-refractivity contribution in [1.82, 2.24) is 4.90 Å². The molecule has 1 fully saturated rings. The zero-order chi connectivity index (χ0) is 18.0. The molecular formula is C20H26Cl2N2S. The number of benzene rings is 1. The van der Waals surface area contributed by atoms with Crippen LogP contribution in [0.5, 0.6) is 0 Å². The van der Waals surface area contributed by atoms with E-state index in [0.717, 1.165) is 6.42 Å².